The Morgan fingerprint density at radius 1 is 1.06 bits per heavy atom. The Morgan fingerprint density at radius 2 is 1.56 bits per heavy atom. The van der Waals surface area contributed by atoms with E-state index in [4.69, 9.17) is 0 Å². The van der Waals surface area contributed by atoms with E-state index in [1.54, 1.807) is 0 Å². The van der Waals surface area contributed by atoms with Gasteiger partial charge in [0.2, 0.25) is 11.8 Å². The van der Waals surface area contributed by atoms with E-state index in [1.807, 2.05) is 0 Å². The molecule has 0 aliphatic carbocycles. The van der Waals surface area contributed by atoms with Gasteiger partial charge in [-0.05, 0) is 12.8 Å². The summed E-state index contributed by atoms with van der Waals surface area (Å²) >= 11 is 7.75. The van der Waals surface area contributed by atoms with Crippen LogP contribution in [0.3, 0.4) is 0 Å². The van der Waals surface area contributed by atoms with Gasteiger partial charge in [0.1, 0.15) is 6.17 Å². The van der Waals surface area contributed by atoms with E-state index >= 15 is 0 Å². The normalized spacial score (nSPS) is 10.2. The first kappa shape index (κ1) is 15.6. The summed E-state index contributed by atoms with van der Waals surface area (Å²) in [7, 11) is 0. The van der Waals surface area contributed by atoms with Gasteiger partial charge in [-0.3, -0.25) is 9.59 Å². The quantitative estimate of drug-likeness (QED) is 0.300. The SMILES string of the molecule is CCCCCC(NC(=O)CS)NC(=O)CS. The van der Waals surface area contributed by atoms with Gasteiger partial charge >= 0.3 is 0 Å². The zero-order valence-corrected chi connectivity index (χ0v) is 11.3. The molecule has 2 amide bonds. The topological polar surface area (TPSA) is 58.2 Å². The number of unbranched alkanes of at least 4 members (excludes halogenated alkanes) is 2. The molecule has 0 fully saturated rings. The summed E-state index contributed by atoms with van der Waals surface area (Å²) in [5, 5.41) is 5.42. The van der Waals surface area contributed by atoms with Crippen molar-refractivity contribution in [3.63, 3.8) is 0 Å². The maximum absolute atomic E-state index is 11.2. The van der Waals surface area contributed by atoms with E-state index in [1.165, 1.54) is 0 Å². The molecule has 94 valence electrons. The predicted molar refractivity (Wildman–Crippen MR) is 71.9 cm³/mol. The second kappa shape index (κ2) is 9.84. The van der Waals surface area contributed by atoms with Gasteiger partial charge in [0.05, 0.1) is 11.5 Å². The molecule has 0 bridgehead atoms. The summed E-state index contributed by atoms with van der Waals surface area (Å²) in [5.74, 6) is -0.101. The Bertz CT molecular complexity index is 207. The zero-order chi connectivity index (χ0) is 12.4. The van der Waals surface area contributed by atoms with Crippen molar-refractivity contribution in [1.82, 2.24) is 10.6 Å². The van der Waals surface area contributed by atoms with Gasteiger partial charge < -0.3 is 10.6 Å². The fourth-order valence-corrected chi connectivity index (χ4v) is 1.44. The Kier molecular flexibility index (Phi) is 9.62. The van der Waals surface area contributed by atoms with Crippen molar-refractivity contribution in [2.24, 2.45) is 0 Å². The third kappa shape index (κ3) is 7.87. The smallest absolute Gasteiger partial charge is 0.231 e. The summed E-state index contributed by atoms with van der Waals surface area (Å²) < 4.78 is 0. The van der Waals surface area contributed by atoms with Crippen molar-refractivity contribution in [3.8, 4) is 0 Å². The lowest BCUT2D eigenvalue weighted by Crippen LogP contribution is -2.48. The molecule has 0 saturated carbocycles. The fraction of sp³-hybridized carbons (Fsp3) is 0.800. The first-order valence-electron chi connectivity index (χ1n) is 5.44. The molecule has 6 heteroatoms. The Morgan fingerprint density at radius 3 is 1.94 bits per heavy atom. The van der Waals surface area contributed by atoms with E-state index in [0.717, 1.165) is 25.7 Å². The summed E-state index contributed by atoms with van der Waals surface area (Å²) in [6.45, 7) is 2.10. The van der Waals surface area contributed by atoms with Crippen LogP contribution >= 0.6 is 25.3 Å². The number of thiol groups is 2. The van der Waals surface area contributed by atoms with Crippen LogP contribution in [0.1, 0.15) is 32.6 Å². The van der Waals surface area contributed by atoms with Gasteiger partial charge in [-0.15, -0.1) is 0 Å². The first-order valence-corrected chi connectivity index (χ1v) is 6.71. The minimum Gasteiger partial charge on any atom is -0.335 e. The molecular formula is C10H20N2O2S2. The van der Waals surface area contributed by atoms with Crippen molar-refractivity contribution >= 4 is 37.1 Å². The van der Waals surface area contributed by atoms with Gasteiger partial charge in [0, 0.05) is 0 Å². The van der Waals surface area contributed by atoms with Gasteiger partial charge in [0.15, 0.2) is 0 Å². The van der Waals surface area contributed by atoms with Crippen LogP contribution in [0.5, 0.6) is 0 Å². The highest BCUT2D eigenvalue weighted by Crippen LogP contribution is 2.02. The van der Waals surface area contributed by atoms with E-state index < -0.39 is 0 Å². The average molecular weight is 264 g/mol. The lowest BCUT2D eigenvalue weighted by Gasteiger charge is -2.19. The number of hydrogen-bond donors (Lipinski definition) is 4. The molecule has 0 heterocycles. The van der Waals surface area contributed by atoms with Crippen LogP contribution in [0.15, 0.2) is 0 Å². The monoisotopic (exact) mass is 264 g/mol. The molecule has 0 spiro atoms. The van der Waals surface area contributed by atoms with Crippen molar-refractivity contribution < 1.29 is 9.59 Å². The number of rotatable bonds is 8. The molecule has 0 rings (SSSR count). The lowest BCUT2D eigenvalue weighted by molar-refractivity contribution is -0.121. The van der Waals surface area contributed by atoms with E-state index in [-0.39, 0.29) is 29.5 Å². The largest absolute Gasteiger partial charge is 0.335 e. The van der Waals surface area contributed by atoms with Crippen molar-refractivity contribution in [2.45, 2.75) is 38.8 Å². The molecule has 0 aromatic rings. The van der Waals surface area contributed by atoms with Crippen LogP contribution in [0.25, 0.3) is 0 Å². The van der Waals surface area contributed by atoms with Gasteiger partial charge in [0.25, 0.3) is 0 Å². The highest BCUT2D eigenvalue weighted by Gasteiger charge is 2.12. The number of amides is 2. The van der Waals surface area contributed by atoms with E-state index in [0.29, 0.717) is 0 Å². The summed E-state index contributed by atoms with van der Waals surface area (Å²) in [5.41, 5.74) is 0. The molecule has 2 N–H and O–H groups in total. The molecule has 16 heavy (non-hydrogen) atoms. The van der Waals surface area contributed by atoms with Crippen molar-refractivity contribution in [3.05, 3.63) is 0 Å². The molecule has 0 atom stereocenters. The molecule has 0 radical (unpaired) electrons. The van der Waals surface area contributed by atoms with E-state index in [9.17, 15) is 9.59 Å². The van der Waals surface area contributed by atoms with Crippen LogP contribution < -0.4 is 10.6 Å². The minimum absolute atomic E-state index is 0.126. The van der Waals surface area contributed by atoms with Gasteiger partial charge in [-0.25, -0.2) is 0 Å². The minimum atomic E-state index is -0.300. The Balaban J connectivity index is 4.04. The molecule has 0 unspecified atom stereocenters. The van der Waals surface area contributed by atoms with Crippen LogP contribution in [0.2, 0.25) is 0 Å². The highest BCUT2D eigenvalue weighted by molar-refractivity contribution is 7.81. The van der Waals surface area contributed by atoms with Crippen LogP contribution in [-0.2, 0) is 9.59 Å². The van der Waals surface area contributed by atoms with Crippen molar-refractivity contribution in [2.75, 3.05) is 11.5 Å². The number of nitrogens with one attached hydrogen (secondary N) is 2. The molecular weight excluding hydrogens is 244 g/mol. The van der Waals surface area contributed by atoms with Crippen molar-refractivity contribution in [1.29, 1.82) is 0 Å². The third-order valence-corrected chi connectivity index (χ3v) is 2.63. The maximum atomic E-state index is 11.2. The molecule has 0 aromatic carbocycles. The average Bonchev–Trinajstić information content (AvgIpc) is 2.28. The molecule has 0 aliphatic heterocycles. The summed E-state index contributed by atoms with van der Waals surface area (Å²) in [6.07, 6.45) is 3.61. The molecule has 0 aliphatic rings. The van der Waals surface area contributed by atoms with Gasteiger partial charge in [-0.1, -0.05) is 19.8 Å². The lowest BCUT2D eigenvalue weighted by atomic mass is 10.1. The van der Waals surface area contributed by atoms with E-state index in [2.05, 4.69) is 42.8 Å². The molecule has 0 saturated heterocycles. The zero-order valence-electron chi connectivity index (χ0n) is 9.53. The fourth-order valence-electron chi connectivity index (χ4n) is 1.26. The maximum Gasteiger partial charge on any atom is 0.231 e. The number of hydrogen-bond acceptors (Lipinski definition) is 4. The number of carbonyl (C=O) groups is 2. The Labute approximate surface area is 108 Å². The van der Waals surface area contributed by atoms with Gasteiger partial charge in [-0.2, -0.15) is 25.3 Å². The second-order valence-corrected chi connectivity index (χ2v) is 4.13. The molecule has 0 aromatic heterocycles. The number of carbonyl (C=O) groups excluding carboxylic acids is 2. The first-order chi connectivity index (χ1) is 7.63. The summed E-state index contributed by atoms with van der Waals surface area (Å²) in [4.78, 5) is 22.3. The third-order valence-electron chi connectivity index (χ3n) is 2.05. The highest BCUT2D eigenvalue weighted by atomic mass is 32.1. The molecule has 4 nitrogen and oxygen atoms in total. The second-order valence-electron chi connectivity index (χ2n) is 3.50. The Hall–Kier alpha value is -0.360. The summed E-state index contributed by atoms with van der Waals surface area (Å²) in [6, 6.07) is 0. The standard InChI is InChI=1S/C10H20N2O2S2/c1-2-3-4-5-8(11-9(13)6-15)12-10(14)7-16/h8,15-16H,2-7H2,1H3,(H,11,13)(H,12,14). The predicted octanol–water partition coefficient (Wildman–Crippen LogP) is 0.985. The van der Waals surface area contributed by atoms with Crippen LogP contribution in [0.4, 0.5) is 0 Å². The van der Waals surface area contributed by atoms with Crippen LogP contribution in [0, 0.1) is 0 Å². The van der Waals surface area contributed by atoms with Crippen LogP contribution in [-0.4, -0.2) is 29.5 Å².